The summed E-state index contributed by atoms with van der Waals surface area (Å²) in [5.41, 5.74) is 2.61. The number of anilines is 1. The first kappa shape index (κ1) is 26.5. The van der Waals surface area contributed by atoms with E-state index in [4.69, 9.17) is 4.74 Å². The Balaban J connectivity index is 1.71. The lowest BCUT2D eigenvalue weighted by molar-refractivity contribution is -0.149. The largest absolute Gasteiger partial charge is 0.478 e. The number of benzene rings is 3. The van der Waals surface area contributed by atoms with Crippen LogP contribution in [0, 0.1) is 13.8 Å². The van der Waals surface area contributed by atoms with Crippen molar-refractivity contribution in [3.63, 3.8) is 0 Å². The summed E-state index contributed by atoms with van der Waals surface area (Å²) < 4.78 is 7.07. The van der Waals surface area contributed by atoms with Crippen LogP contribution in [0.2, 0.25) is 0 Å². The molecule has 198 valence electrons. The van der Waals surface area contributed by atoms with Crippen LogP contribution in [0.15, 0.2) is 89.4 Å². The van der Waals surface area contributed by atoms with Crippen molar-refractivity contribution in [2.75, 3.05) is 11.4 Å². The van der Waals surface area contributed by atoms with Gasteiger partial charge in [-0.1, -0.05) is 76.6 Å². The van der Waals surface area contributed by atoms with Gasteiger partial charge in [-0.25, -0.2) is 14.8 Å². The Morgan fingerprint density at radius 1 is 1.03 bits per heavy atom. The minimum atomic E-state index is -1.51. The zero-order chi connectivity index (χ0) is 27.6. The number of carbonyl (C=O) groups excluding carboxylic acids is 1. The molecule has 5 rings (SSSR count). The second-order valence-electron chi connectivity index (χ2n) is 9.42. The van der Waals surface area contributed by atoms with Gasteiger partial charge in [0.05, 0.1) is 13.1 Å². The predicted molar refractivity (Wildman–Crippen MR) is 151 cm³/mol. The third kappa shape index (κ3) is 5.28. The number of carboxylic acids is 1. The molecule has 9 heteroatoms. The summed E-state index contributed by atoms with van der Waals surface area (Å²) in [6.07, 6.45) is -1.51. The lowest BCUT2D eigenvalue weighted by Gasteiger charge is -2.39. The van der Waals surface area contributed by atoms with Gasteiger partial charge in [0.2, 0.25) is 12.0 Å². The molecule has 1 aromatic heterocycles. The number of nitrogens with one attached hydrogen (secondary N) is 1. The molecule has 3 aromatic carbocycles. The SMILES string of the molecule is Cc1cc(C)nc(O[C@H](C(=O)O)[C@@]2(c3ccccc3)NCC(=O)N(Cc3ccc(Br)cc3)c3ccccc32)n1. The summed E-state index contributed by atoms with van der Waals surface area (Å²) in [7, 11) is 0. The monoisotopic (exact) mass is 586 g/mol. The molecule has 0 unspecified atom stereocenters. The number of hydrogen-bond acceptors (Lipinski definition) is 6. The van der Waals surface area contributed by atoms with Crippen molar-refractivity contribution in [3.8, 4) is 6.01 Å². The Bertz CT molecular complexity index is 1490. The van der Waals surface area contributed by atoms with Crippen molar-refractivity contribution in [2.24, 2.45) is 0 Å². The highest BCUT2D eigenvalue weighted by Gasteiger charge is 2.52. The fraction of sp³-hybridized carbons (Fsp3) is 0.200. The van der Waals surface area contributed by atoms with Crippen LogP contribution in [-0.4, -0.2) is 39.6 Å². The van der Waals surface area contributed by atoms with E-state index in [1.807, 2.05) is 78.9 Å². The number of para-hydroxylation sites is 1. The highest BCUT2D eigenvalue weighted by Crippen LogP contribution is 2.42. The van der Waals surface area contributed by atoms with Crippen LogP contribution in [0.4, 0.5) is 5.69 Å². The van der Waals surface area contributed by atoms with Crippen LogP contribution in [0.25, 0.3) is 0 Å². The average molecular weight is 587 g/mol. The van der Waals surface area contributed by atoms with Crippen LogP contribution in [-0.2, 0) is 21.7 Å². The van der Waals surface area contributed by atoms with E-state index in [1.165, 1.54) is 0 Å². The molecule has 0 bridgehead atoms. The molecular weight excluding hydrogens is 560 g/mol. The molecule has 1 aliphatic rings. The normalized spacial score (nSPS) is 17.7. The molecule has 0 spiro atoms. The number of aromatic nitrogens is 2. The Hall–Kier alpha value is -4.08. The highest BCUT2D eigenvalue weighted by atomic mass is 79.9. The number of ether oxygens (including phenoxy) is 1. The molecule has 4 aromatic rings. The molecule has 0 aliphatic carbocycles. The zero-order valence-corrected chi connectivity index (χ0v) is 23.1. The second-order valence-corrected chi connectivity index (χ2v) is 10.3. The fourth-order valence-electron chi connectivity index (χ4n) is 5.05. The Kier molecular flexibility index (Phi) is 7.45. The van der Waals surface area contributed by atoms with Crippen LogP contribution < -0.4 is 15.0 Å². The number of halogens is 1. The van der Waals surface area contributed by atoms with Gasteiger partial charge in [-0.3, -0.25) is 10.1 Å². The minimum absolute atomic E-state index is 0.0446. The summed E-state index contributed by atoms with van der Waals surface area (Å²) >= 11 is 3.46. The summed E-state index contributed by atoms with van der Waals surface area (Å²) in [4.78, 5) is 37.1. The first-order chi connectivity index (χ1) is 18.8. The number of nitrogens with zero attached hydrogens (tertiary/aromatic N) is 3. The number of aliphatic carboxylic acids is 1. The summed E-state index contributed by atoms with van der Waals surface area (Å²) in [6, 6.07) is 26.0. The van der Waals surface area contributed by atoms with E-state index in [0.717, 1.165) is 10.0 Å². The third-order valence-corrected chi connectivity index (χ3v) is 7.25. The molecular formula is C30H27BrN4O4. The van der Waals surface area contributed by atoms with Crippen LogP contribution in [0.3, 0.4) is 0 Å². The lowest BCUT2D eigenvalue weighted by Crippen LogP contribution is -2.58. The number of aryl methyl sites for hydroxylation is 2. The van der Waals surface area contributed by atoms with Crippen molar-refractivity contribution in [1.29, 1.82) is 0 Å². The molecule has 0 saturated heterocycles. The molecule has 0 saturated carbocycles. The number of carboxylic acid groups (broad SMARTS) is 1. The van der Waals surface area contributed by atoms with Gasteiger partial charge in [-0.05, 0) is 49.2 Å². The van der Waals surface area contributed by atoms with Crippen molar-refractivity contribution in [2.45, 2.75) is 32.0 Å². The van der Waals surface area contributed by atoms with Crippen LogP contribution in [0.1, 0.15) is 28.1 Å². The maximum Gasteiger partial charge on any atom is 0.347 e. The van der Waals surface area contributed by atoms with E-state index in [2.05, 4.69) is 31.2 Å². The van der Waals surface area contributed by atoms with Gasteiger partial charge in [0.25, 0.3) is 0 Å². The molecule has 39 heavy (non-hydrogen) atoms. The van der Waals surface area contributed by atoms with E-state index in [0.29, 0.717) is 34.7 Å². The lowest BCUT2D eigenvalue weighted by atomic mass is 9.77. The number of rotatable bonds is 7. The number of hydrogen-bond donors (Lipinski definition) is 2. The van der Waals surface area contributed by atoms with Gasteiger partial charge in [-0.2, -0.15) is 0 Å². The predicted octanol–water partition coefficient (Wildman–Crippen LogP) is 4.77. The van der Waals surface area contributed by atoms with Gasteiger partial charge in [0, 0.05) is 27.1 Å². The Morgan fingerprint density at radius 3 is 2.33 bits per heavy atom. The maximum atomic E-state index is 13.6. The van der Waals surface area contributed by atoms with Gasteiger partial charge in [-0.15, -0.1) is 0 Å². The topological polar surface area (TPSA) is 105 Å². The first-order valence-corrected chi connectivity index (χ1v) is 13.2. The smallest absolute Gasteiger partial charge is 0.347 e. The quantitative estimate of drug-likeness (QED) is 0.321. The molecule has 8 nitrogen and oxygen atoms in total. The molecule has 0 fully saturated rings. The number of carbonyl (C=O) groups is 2. The number of amides is 1. The van der Waals surface area contributed by atoms with Gasteiger partial charge < -0.3 is 14.7 Å². The van der Waals surface area contributed by atoms with Crippen LogP contribution in [0.5, 0.6) is 6.01 Å². The molecule has 2 heterocycles. The van der Waals surface area contributed by atoms with Crippen molar-refractivity contribution < 1.29 is 19.4 Å². The van der Waals surface area contributed by atoms with E-state index in [1.54, 1.807) is 24.8 Å². The summed E-state index contributed by atoms with van der Waals surface area (Å²) in [5.74, 6) is -1.42. The summed E-state index contributed by atoms with van der Waals surface area (Å²) in [5, 5.41) is 14.0. The van der Waals surface area contributed by atoms with Gasteiger partial charge in [0.1, 0.15) is 5.54 Å². The van der Waals surface area contributed by atoms with E-state index >= 15 is 0 Å². The van der Waals surface area contributed by atoms with Crippen molar-refractivity contribution in [3.05, 3.63) is 117 Å². The Labute approximate surface area is 234 Å². The maximum absolute atomic E-state index is 13.6. The number of fused-ring (bicyclic) bond motifs is 1. The highest BCUT2D eigenvalue weighted by molar-refractivity contribution is 9.10. The third-order valence-electron chi connectivity index (χ3n) is 6.72. The van der Waals surface area contributed by atoms with E-state index in [9.17, 15) is 14.7 Å². The van der Waals surface area contributed by atoms with E-state index < -0.39 is 17.6 Å². The molecule has 2 atom stereocenters. The fourth-order valence-corrected chi connectivity index (χ4v) is 5.31. The first-order valence-electron chi connectivity index (χ1n) is 12.4. The van der Waals surface area contributed by atoms with Gasteiger partial charge >= 0.3 is 12.0 Å². The minimum Gasteiger partial charge on any atom is -0.478 e. The Morgan fingerprint density at radius 2 is 1.67 bits per heavy atom. The molecule has 1 aliphatic heterocycles. The molecule has 1 amide bonds. The molecule has 0 radical (unpaired) electrons. The van der Waals surface area contributed by atoms with Crippen molar-refractivity contribution >= 4 is 33.5 Å². The summed E-state index contributed by atoms with van der Waals surface area (Å²) in [6.45, 7) is 3.78. The average Bonchev–Trinajstić information content (AvgIpc) is 3.04. The second kappa shape index (κ2) is 11.0. The molecule has 2 N–H and O–H groups in total. The van der Waals surface area contributed by atoms with Crippen molar-refractivity contribution in [1.82, 2.24) is 15.3 Å². The van der Waals surface area contributed by atoms with Gasteiger partial charge in [0.15, 0.2) is 0 Å². The standard InChI is InChI=1S/C30H27BrN4O4/c1-19-16-20(2)34-29(33-19)39-27(28(37)38)30(22-8-4-3-5-9-22)24-10-6-7-11-25(24)35(26(36)17-32-30)18-21-12-14-23(31)15-13-21/h3-16,27,32H,17-18H2,1-2H3,(H,37,38)/t27-,30+/m1/s1. The van der Waals surface area contributed by atoms with E-state index in [-0.39, 0.29) is 18.5 Å². The van der Waals surface area contributed by atoms with Crippen LogP contribution >= 0.6 is 15.9 Å². The zero-order valence-electron chi connectivity index (χ0n) is 21.5.